The average Bonchev–Trinajstić information content (AvgIpc) is 3.27. The summed E-state index contributed by atoms with van der Waals surface area (Å²) in [5.41, 5.74) is -0.455. The summed E-state index contributed by atoms with van der Waals surface area (Å²) in [6.45, 7) is 3.56. The maximum atomic E-state index is 13.2. The van der Waals surface area contributed by atoms with Gasteiger partial charge in [0.1, 0.15) is 5.52 Å². The first kappa shape index (κ1) is 19.0. The molecule has 0 bridgehead atoms. The van der Waals surface area contributed by atoms with Crippen molar-refractivity contribution in [3.63, 3.8) is 0 Å². The van der Waals surface area contributed by atoms with Gasteiger partial charge in [0.25, 0.3) is 5.89 Å². The average molecular weight is 404 g/mol. The van der Waals surface area contributed by atoms with Crippen molar-refractivity contribution < 1.29 is 22.8 Å². The third-order valence-electron chi connectivity index (χ3n) is 4.09. The fourth-order valence-electron chi connectivity index (χ4n) is 2.85. The first-order valence-electron chi connectivity index (χ1n) is 8.53. The third kappa shape index (κ3) is 3.81. The highest BCUT2D eigenvalue weighted by molar-refractivity contribution is 5.80. The standard InChI is InChI=1S/C18H15F3N6O2/c1-17(2,28)9-27-14-4-3-10(7-13(14)24-26-27)16-23-15(25-29-16)11-5-6-22-8-12(11)18(19,20)21/h3-8,28H,9H2,1-2H3. The molecule has 0 aliphatic carbocycles. The number of halogens is 3. The zero-order valence-electron chi connectivity index (χ0n) is 15.3. The predicted octanol–water partition coefficient (Wildman–Crippen LogP) is 3.33. The molecule has 3 heterocycles. The van der Waals surface area contributed by atoms with Crippen molar-refractivity contribution in [2.24, 2.45) is 0 Å². The quantitative estimate of drug-likeness (QED) is 0.556. The van der Waals surface area contributed by atoms with Gasteiger partial charge in [-0.3, -0.25) is 4.98 Å². The van der Waals surface area contributed by atoms with Crippen molar-refractivity contribution in [1.82, 2.24) is 30.1 Å². The second-order valence-electron chi connectivity index (χ2n) is 7.11. The number of aliphatic hydroxyl groups is 1. The molecule has 29 heavy (non-hydrogen) atoms. The van der Waals surface area contributed by atoms with Crippen LogP contribution < -0.4 is 0 Å². The van der Waals surface area contributed by atoms with E-state index in [2.05, 4.69) is 25.4 Å². The molecule has 0 unspecified atom stereocenters. The Balaban J connectivity index is 1.70. The molecule has 11 heteroatoms. The summed E-state index contributed by atoms with van der Waals surface area (Å²) in [7, 11) is 0. The first-order chi connectivity index (χ1) is 13.6. The van der Waals surface area contributed by atoms with Gasteiger partial charge in [0.15, 0.2) is 0 Å². The maximum Gasteiger partial charge on any atom is 0.418 e. The van der Waals surface area contributed by atoms with Crippen molar-refractivity contribution in [3.8, 4) is 22.8 Å². The number of fused-ring (bicyclic) bond motifs is 1. The summed E-state index contributed by atoms with van der Waals surface area (Å²) >= 11 is 0. The number of alkyl halides is 3. The number of aromatic nitrogens is 6. The molecule has 0 atom stereocenters. The number of rotatable bonds is 4. The highest BCUT2D eigenvalue weighted by Crippen LogP contribution is 2.36. The van der Waals surface area contributed by atoms with Crippen LogP contribution in [0.15, 0.2) is 41.2 Å². The molecule has 0 saturated heterocycles. The molecule has 0 spiro atoms. The summed E-state index contributed by atoms with van der Waals surface area (Å²) < 4.78 is 46.3. The molecule has 3 aromatic heterocycles. The van der Waals surface area contributed by atoms with E-state index >= 15 is 0 Å². The zero-order valence-corrected chi connectivity index (χ0v) is 15.3. The number of hydrogen-bond acceptors (Lipinski definition) is 7. The maximum absolute atomic E-state index is 13.2. The van der Waals surface area contributed by atoms with Crippen LogP contribution in [0.5, 0.6) is 0 Å². The lowest BCUT2D eigenvalue weighted by atomic mass is 10.1. The third-order valence-corrected chi connectivity index (χ3v) is 4.09. The van der Waals surface area contributed by atoms with Crippen molar-refractivity contribution in [1.29, 1.82) is 0 Å². The molecule has 1 aromatic carbocycles. The fraction of sp³-hybridized carbons (Fsp3) is 0.278. The van der Waals surface area contributed by atoms with Crippen LogP contribution in [0.1, 0.15) is 19.4 Å². The van der Waals surface area contributed by atoms with E-state index < -0.39 is 17.3 Å². The van der Waals surface area contributed by atoms with Gasteiger partial charge in [0.05, 0.1) is 23.2 Å². The highest BCUT2D eigenvalue weighted by Gasteiger charge is 2.35. The predicted molar refractivity (Wildman–Crippen MR) is 95.4 cm³/mol. The van der Waals surface area contributed by atoms with Gasteiger partial charge in [-0.2, -0.15) is 18.2 Å². The Bertz CT molecular complexity index is 1180. The van der Waals surface area contributed by atoms with E-state index in [1.807, 2.05) is 0 Å². The van der Waals surface area contributed by atoms with Crippen molar-refractivity contribution >= 4 is 11.0 Å². The minimum absolute atomic E-state index is 0.0453. The van der Waals surface area contributed by atoms with Gasteiger partial charge in [-0.25, -0.2) is 4.68 Å². The molecule has 150 valence electrons. The Labute approximate surface area is 162 Å². The lowest BCUT2D eigenvalue weighted by Crippen LogP contribution is -2.26. The van der Waals surface area contributed by atoms with Gasteiger partial charge in [-0.1, -0.05) is 10.4 Å². The molecule has 0 saturated carbocycles. The summed E-state index contributed by atoms with van der Waals surface area (Å²) in [6.07, 6.45) is -2.64. The minimum atomic E-state index is -4.59. The van der Waals surface area contributed by atoms with Gasteiger partial charge in [-0.15, -0.1) is 5.10 Å². The Kier molecular flexibility index (Phi) is 4.34. The van der Waals surface area contributed by atoms with Crippen LogP contribution in [0.2, 0.25) is 0 Å². The summed E-state index contributed by atoms with van der Waals surface area (Å²) in [6, 6.07) is 6.20. The van der Waals surface area contributed by atoms with E-state index in [4.69, 9.17) is 4.52 Å². The fourth-order valence-corrected chi connectivity index (χ4v) is 2.85. The molecular weight excluding hydrogens is 389 g/mol. The van der Waals surface area contributed by atoms with Crippen molar-refractivity contribution in [2.75, 3.05) is 0 Å². The van der Waals surface area contributed by atoms with Crippen LogP contribution in [-0.4, -0.2) is 40.8 Å². The van der Waals surface area contributed by atoms with E-state index in [1.165, 1.54) is 12.3 Å². The molecule has 4 rings (SSSR count). The first-order valence-corrected chi connectivity index (χ1v) is 8.53. The molecule has 0 aliphatic rings. The van der Waals surface area contributed by atoms with Gasteiger partial charge < -0.3 is 9.63 Å². The summed E-state index contributed by atoms with van der Waals surface area (Å²) in [5, 5.41) is 21.7. The molecule has 4 aromatic rings. The number of hydrogen-bond donors (Lipinski definition) is 1. The second kappa shape index (κ2) is 6.62. The molecule has 1 N–H and O–H groups in total. The van der Waals surface area contributed by atoms with Gasteiger partial charge in [-0.05, 0) is 38.1 Å². The topological polar surface area (TPSA) is 103 Å². The van der Waals surface area contributed by atoms with E-state index in [9.17, 15) is 18.3 Å². The number of pyridine rings is 1. The zero-order chi connectivity index (χ0) is 20.8. The van der Waals surface area contributed by atoms with Crippen LogP contribution in [0.4, 0.5) is 13.2 Å². The smallest absolute Gasteiger partial charge is 0.389 e. The number of benzene rings is 1. The largest absolute Gasteiger partial charge is 0.418 e. The Morgan fingerprint density at radius 1 is 1.17 bits per heavy atom. The normalized spacial score (nSPS) is 12.6. The van der Waals surface area contributed by atoms with Crippen LogP contribution in [0.3, 0.4) is 0 Å². The van der Waals surface area contributed by atoms with Crippen LogP contribution in [0, 0.1) is 0 Å². The lowest BCUT2D eigenvalue weighted by molar-refractivity contribution is -0.137. The van der Waals surface area contributed by atoms with Crippen LogP contribution >= 0.6 is 0 Å². The van der Waals surface area contributed by atoms with E-state index in [0.717, 1.165) is 6.20 Å². The van der Waals surface area contributed by atoms with Gasteiger partial charge in [0, 0.05) is 23.5 Å². The van der Waals surface area contributed by atoms with E-state index in [1.54, 1.807) is 36.7 Å². The van der Waals surface area contributed by atoms with Crippen LogP contribution in [0.25, 0.3) is 33.9 Å². The molecule has 0 amide bonds. The van der Waals surface area contributed by atoms with Crippen molar-refractivity contribution in [2.45, 2.75) is 32.2 Å². The van der Waals surface area contributed by atoms with Crippen molar-refractivity contribution in [3.05, 3.63) is 42.2 Å². The molecule has 0 fully saturated rings. The molecule has 8 nitrogen and oxygen atoms in total. The van der Waals surface area contributed by atoms with Crippen LogP contribution in [-0.2, 0) is 12.7 Å². The van der Waals surface area contributed by atoms with E-state index in [0.29, 0.717) is 16.6 Å². The minimum Gasteiger partial charge on any atom is -0.389 e. The highest BCUT2D eigenvalue weighted by atomic mass is 19.4. The Hall–Kier alpha value is -3.34. The lowest BCUT2D eigenvalue weighted by Gasteiger charge is -2.16. The van der Waals surface area contributed by atoms with E-state index in [-0.39, 0.29) is 23.8 Å². The summed E-state index contributed by atoms with van der Waals surface area (Å²) in [4.78, 5) is 7.62. The monoisotopic (exact) mass is 404 g/mol. The number of nitrogens with zero attached hydrogens (tertiary/aromatic N) is 6. The second-order valence-corrected chi connectivity index (χ2v) is 7.11. The van der Waals surface area contributed by atoms with Gasteiger partial charge >= 0.3 is 6.18 Å². The molecular formula is C18H15F3N6O2. The Morgan fingerprint density at radius 2 is 1.97 bits per heavy atom. The molecule has 0 aliphatic heterocycles. The van der Waals surface area contributed by atoms with Gasteiger partial charge in [0.2, 0.25) is 5.82 Å². The summed E-state index contributed by atoms with van der Waals surface area (Å²) in [5.74, 6) is -0.149. The molecule has 0 radical (unpaired) electrons. The Morgan fingerprint density at radius 3 is 2.69 bits per heavy atom. The SMILES string of the molecule is CC(C)(O)Cn1nnc2cc(-c3nc(-c4ccncc4C(F)(F)F)no3)ccc21.